The van der Waals surface area contributed by atoms with E-state index in [1.165, 1.54) is 19.8 Å². The first kappa shape index (κ1) is 17.2. The van der Waals surface area contributed by atoms with Crippen molar-refractivity contribution >= 4 is 50.8 Å². The Morgan fingerprint density at radius 3 is 2.79 bits per heavy atom. The molecule has 0 spiro atoms. The maximum absolute atomic E-state index is 11.6. The van der Waals surface area contributed by atoms with Gasteiger partial charge in [-0.15, -0.1) is 0 Å². The minimum absolute atomic E-state index is 0.00821. The van der Waals surface area contributed by atoms with Crippen LogP contribution >= 0.6 is 27.5 Å². The molecule has 0 aliphatic heterocycles. The molecule has 1 aromatic carbocycles. The van der Waals surface area contributed by atoms with Crippen LogP contribution in [0.2, 0.25) is 5.02 Å². The fourth-order valence-electron chi connectivity index (χ4n) is 2.79. The van der Waals surface area contributed by atoms with Crippen LogP contribution in [0.15, 0.2) is 28.9 Å². The zero-order valence-electron chi connectivity index (χ0n) is 13.3. The molecule has 1 fully saturated rings. The third kappa shape index (κ3) is 4.05. The predicted molar refractivity (Wildman–Crippen MR) is 100 cm³/mol. The summed E-state index contributed by atoms with van der Waals surface area (Å²) in [7, 11) is 0. The van der Waals surface area contributed by atoms with E-state index in [4.69, 9.17) is 11.6 Å². The molecule has 0 saturated heterocycles. The fourth-order valence-corrected chi connectivity index (χ4v) is 3.47. The van der Waals surface area contributed by atoms with Gasteiger partial charge in [0.05, 0.1) is 6.20 Å². The molecule has 3 rings (SSSR count). The molecule has 0 bridgehead atoms. The van der Waals surface area contributed by atoms with Crippen LogP contribution in [0, 0.1) is 0 Å². The van der Waals surface area contributed by atoms with Gasteiger partial charge in [0.15, 0.2) is 11.6 Å². The number of carbonyl (C=O) groups excluding carboxylic acids is 1. The molecule has 0 unspecified atom stereocenters. The van der Waals surface area contributed by atoms with E-state index in [9.17, 15) is 4.79 Å². The highest BCUT2D eigenvalue weighted by atomic mass is 79.9. The highest BCUT2D eigenvalue weighted by Gasteiger charge is 2.17. The first-order chi connectivity index (χ1) is 11.5. The van der Waals surface area contributed by atoms with Crippen molar-refractivity contribution in [3.8, 4) is 0 Å². The van der Waals surface area contributed by atoms with Gasteiger partial charge < -0.3 is 10.6 Å². The van der Waals surface area contributed by atoms with Crippen molar-refractivity contribution in [2.24, 2.45) is 0 Å². The third-order valence-electron chi connectivity index (χ3n) is 4.04. The van der Waals surface area contributed by atoms with Crippen LogP contribution in [-0.4, -0.2) is 21.8 Å². The average Bonchev–Trinajstić information content (AvgIpc) is 3.05. The number of ketones is 1. The lowest BCUT2D eigenvalue weighted by Crippen LogP contribution is -2.16. The van der Waals surface area contributed by atoms with Gasteiger partial charge in [-0.3, -0.25) is 4.79 Å². The smallest absolute Gasteiger partial charge is 0.229 e. The van der Waals surface area contributed by atoms with Crippen LogP contribution in [0.5, 0.6) is 0 Å². The van der Waals surface area contributed by atoms with E-state index in [-0.39, 0.29) is 5.78 Å². The molecular weight excluding hydrogens is 392 g/mol. The van der Waals surface area contributed by atoms with Crippen molar-refractivity contribution in [2.45, 2.75) is 38.6 Å². The van der Waals surface area contributed by atoms with E-state index in [1.54, 1.807) is 12.3 Å². The largest absolute Gasteiger partial charge is 0.366 e. The van der Waals surface area contributed by atoms with Crippen LogP contribution < -0.4 is 10.6 Å². The topological polar surface area (TPSA) is 66.9 Å². The summed E-state index contributed by atoms with van der Waals surface area (Å²) < 4.78 is 0.765. The van der Waals surface area contributed by atoms with Crippen LogP contribution in [-0.2, 0) is 0 Å². The predicted octanol–water partition coefficient (Wildman–Crippen LogP) is 5.19. The summed E-state index contributed by atoms with van der Waals surface area (Å²) in [6.45, 7) is 1.53. The summed E-state index contributed by atoms with van der Waals surface area (Å²) >= 11 is 9.58. The number of nitrogens with zero attached hydrogens (tertiary/aromatic N) is 2. The van der Waals surface area contributed by atoms with E-state index < -0.39 is 0 Å². The van der Waals surface area contributed by atoms with Crippen molar-refractivity contribution in [3.05, 3.63) is 39.5 Å². The lowest BCUT2D eigenvalue weighted by Gasteiger charge is -2.15. The van der Waals surface area contributed by atoms with Crippen LogP contribution in [0.4, 0.5) is 17.5 Å². The van der Waals surface area contributed by atoms with E-state index in [0.29, 0.717) is 28.4 Å². The first-order valence-electron chi connectivity index (χ1n) is 7.89. The van der Waals surface area contributed by atoms with Crippen molar-refractivity contribution in [1.29, 1.82) is 0 Å². The zero-order chi connectivity index (χ0) is 17.1. The molecule has 0 radical (unpaired) electrons. The van der Waals surface area contributed by atoms with E-state index in [2.05, 4.69) is 36.5 Å². The Hall–Kier alpha value is -1.66. The molecule has 24 heavy (non-hydrogen) atoms. The van der Waals surface area contributed by atoms with Crippen molar-refractivity contribution in [2.75, 3.05) is 10.6 Å². The Kier molecular flexibility index (Phi) is 5.36. The molecule has 1 aliphatic carbocycles. The van der Waals surface area contributed by atoms with Gasteiger partial charge in [0.1, 0.15) is 5.02 Å². The molecule has 1 saturated carbocycles. The molecular formula is C17H18BrClN4O. The van der Waals surface area contributed by atoms with E-state index in [0.717, 1.165) is 23.0 Å². The highest BCUT2D eigenvalue weighted by Crippen LogP contribution is 2.27. The quantitative estimate of drug-likeness (QED) is 0.665. The lowest BCUT2D eigenvalue weighted by molar-refractivity contribution is 0.101. The number of hydrogen-bond donors (Lipinski definition) is 2. The van der Waals surface area contributed by atoms with Crippen LogP contribution in [0.25, 0.3) is 0 Å². The third-order valence-corrected chi connectivity index (χ3v) is 5.01. The standard InChI is InChI=1S/C17H18BrClN4O/c1-10(24)13-8-12(6-7-14(13)18)22-17-20-9-15(19)16(23-17)21-11-4-2-3-5-11/h6-9,11H,2-5H2,1H3,(H2,20,21,22,23). The normalized spacial score (nSPS) is 14.6. The number of rotatable bonds is 5. The number of Topliss-reactive ketones (excluding diaryl/α,β-unsaturated/α-hetero) is 1. The van der Waals surface area contributed by atoms with Crippen LogP contribution in [0.3, 0.4) is 0 Å². The Morgan fingerprint density at radius 1 is 1.33 bits per heavy atom. The van der Waals surface area contributed by atoms with E-state index in [1.807, 2.05) is 12.1 Å². The number of anilines is 3. The average molecular weight is 410 g/mol. The van der Waals surface area contributed by atoms with Gasteiger partial charge >= 0.3 is 0 Å². The summed E-state index contributed by atoms with van der Waals surface area (Å²) in [5, 5.41) is 7.02. The SMILES string of the molecule is CC(=O)c1cc(Nc2ncc(Cl)c(NC3CCCC3)n2)ccc1Br. The number of nitrogens with one attached hydrogen (secondary N) is 2. The second-order valence-corrected chi connectivity index (χ2v) is 7.15. The molecule has 0 amide bonds. The van der Waals surface area contributed by atoms with Crippen molar-refractivity contribution < 1.29 is 4.79 Å². The molecule has 126 valence electrons. The molecule has 2 N–H and O–H groups in total. The Morgan fingerprint density at radius 2 is 2.08 bits per heavy atom. The van der Waals surface area contributed by atoms with Gasteiger partial charge in [0, 0.05) is 21.8 Å². The first-order valence-corrected chi connectivity index (χ1v) is 9.06. The number of halogens is 2. The summed E-state index contributed by atoms with van der Waals surface area (Å²) in [6.07, 6.45) is 6.32. The number of hydrogen-bond acceptors (Lipinski definition) is 5. The van der Waals surface area contributed by atoms with Gasteiger partial charge in [0.2, 0.25) is 5.95 Å². The number of carbonyl (C=O) groups is 1. The second-order valence-electron chi connectivity index (χ2n) is 5.89. The molecule has 0 atom stereocenters. The second kappa shape index (κ2) is 7.49. The van der Waals surface area contributed by atoms with Crippen LogP contribution in [0.1, 0.15) is 43.0 Å². The summed E-state index contributed by atoms with van der Waals surface area (Å²) in [6, 6.07) is 5.88. The number of benzene rings is 1. The Bertz CT molecular complexity index is 762. The fraction of sp³-hybridized carbons (Fsp3) is 0.353. The van der Waals surface area contributed by atoms with Gasteiger partial charge in [-0.25, -0.2) is 4.98 Å². The maximum Gasteiger partial charge on any atom is 0.229 e. The molecule has 1 aliphatic rings. The molecule has 7 heteroatoms. The summed E-state index contributed by atoms with van der Waals surface area (Å²) in [5.41, 5.74) is 1.36. The van der Waals surface area contributed by atoms with Crippen molar-refractivity contribution in [3.63, 3.8) is 0 Å². The Labute approximate surface area is 154 Å². The van der Waals surface area contributed by atoms with Gasteiger partial charge in [-0.2, -0.15) is 4.98 Å². The minimum Gasteiger partial charge on any atom is -0.366 e. The van der Waals surface area contributed by atoms with Gasteiger partial charge in [-0.1, -0.05) is 40.4 Å². The summed E-state index contributed by atoms with van der Waals surface area (Å²) in [5.74, 6) is 1.08. The van der Waals surface area contributed by atoms with Crippen molar-refractivity contribution in [1.82, 2.24) is 9.97 Å². The number of aromatic nitrogens is 2. The van der Waals surface area contributed by atoms with Gasteiger partial charge in [0.25, 0.3) is 0 Å². The Balaban J connectivity index is 1.80. The maximum atomic E-state index is 11.6. The highest BCUT2D eigenvalue weighted by molar-refractivity contribution is 9.10. The molecule has 1 aromatic heterocycles. The molecule has 1 heterocycles. The lowest BCUT2D eigenvalue weighted by atomic mass is 10.1. The van der Waals surface area contributed by atoms with E-state index >= 15 is 0 Å². The van der Waals surface area contributed by atoms with Gasteiger partial charge in [-0.05, 0) is 38.0 Å². The minimum atomic E-state index is -0.00821. The molecule has 5 nitrogen and oxygen atoms in total. The zero-order valence-corrected chi connectivity index (χ0v) is 15.6. The molecule has 2 aromatic rings. The summed E-state index contributed by atoms with van der Waals surface area (Å²) in [4.78, 5) is 20.3. The monoisotopic (exact) mass is 408 g/mol.